The molecule has 1 N–H and O–H groups in total. The Kier molecular flexibility index (Phi) is 2.80. The van der Waals surface area contributed by atoms with Gasteiger partial charge in [0.2, 0.25) is 0 Å². The molecular formula is C7H10F3NO2. The third kappa shape index (κ3) is 2.33. The van der Waals surface area contributed by atoms with E-state index in [1.165, 1.54) is 0 Å². The number of hydrogen-bond acceptors (Lipinski definition) is 3. The third-order valence-electron chi connectivity index (χ3n) is 2.08. The van der Waals surface area contributed by atoms with E-state index in [0.29, 0.717) is 0 Å². The van der Waals surface area contributed by atoms with Crippen LogP contribution in [0, 0.1) is 5.92 Å². The SMILES string of the molecule is COC(=O)[C@H]1C[C@@H](C(F)(F)F)CN1. The summed E-state index contributed by atoms with van der Waals surface area (Å²) in [6.45, 7) is -0.205. The number of alkyl halides is 3. The molecule has 76 valence electrons. The first-order valence-electron chi connectivity index (χ1n) is 3.83. The van der Waals surface area contributed by atoms with Crippen LogP contribution in [0.25, 0.3) is 0 Å². The Morgan fingerprint density at radius 2 is 2.15 bits per heavy atom. The number of halogens is 3. The van der Waals surface area contributed by atoms with Crippen molar-refractivity contribution in [3.05, 3.63) is 0 Å². The summed E-state index contributed by atoms with van der Waals surface area (Å²) in [4.78, 5) is 10.8. The molecule has 0 amide bonds. The third-order valence-corrected chi connectivity index (χ3v) is 2.08. The zero-order chi connectivity index (χ0) is 10.1. The summed E-state index contributed by atoms with van der Waals surface area (Å²) >= 11 is 0. The average molecular weight is 197 g/mol. The number of nitrogens with one attached hydrogen (secondary N) is 1. The van der Waals surface area contributed by atoms with E-state index in [1.807, 2.05) is 0 Å². The summed E-state index contributed by atoms with van der Waals surface area (Å²) < 4.78 is 40.7. The van der Waals surface area contributed by atoms with Gasteiger partial charge in [0.05, 0.1) is 13.0 Å². The van der Waals surface area contributed by atoms with Crippen molar-refractivity contribution in [1.82, 2.24) is 5.32 Å². The van der Waals surface area contributed by atoms with E-state index in [9.17, 15) is 18.0 Å². The molecule has 6 heteroatoms. The highest BCUT2D eigenvalue weighted by Crippen LogP contribution is 2.32. The van der Waals surface area contributed by atoms with E-state index >= 15 is 0 Å². The van der Waals surface area contributed by atoms with Crippen molar-refractivity contribution in [2.24, 2.45) is 5.92 Å². The quantitative estimate of drug-likeness (QED) is 0.629. The van der Waals surface area contributed by atoms with Gasteiger partial charge in [0.25, 0.3) is 0 Å². The fourth-order valence-electron chi connectivity index (χ4n) is 1.31. The fourth-order valence-corrected chi connectivity index (χ4v) is 1.31. The highest BCUT2D eigenvalue weighted by atomic mass is 19.4. The molecule has 0 aliphatic carbocycles. The van der Waals surface area contributed by atoms with Crippen LogP contribution >= 0.6 is 0 Å². The van der Waals surface area contributed by atoms with Gasteiger partial charge in [-0.2, -0.15) is 13.2 Å². The molecular weight excluding hydrogens is 187 g/mol. The minimum absolute atomic E-state index is 0.205. The van der Waals surface area contributed by atoms with Crippen LogP contribution in [0.2, 0.25) is 0 Å². The first kappa shape index (κ1) is 10.3. The maximum absolute atomic E-state index is 12.1. The van der Waals surface area contributed by atoms with Crippen molar-refractivity contribution < 1.29 is 22.7 Å². The van der Waals surface area contributed by atoms with Crippen molar-refractivity contribution in [1.29, 1.82) is 0 Å². The molecule has 13 heavy (non-hydrogen) atoms. The Morgan fingerprint density at radius 1 is 1.54 bits per heavy atom. The largest absolute Gasteiger partial charge is 0.468 e. The van der Waals surface area contributed by atoms with Crippen molar-refractivity contribution in [2.45, 2.75) is 18.6 Å². The molecule has 0 unspecified atom stereocenters. The number of rotatable bonds is 1. The van der Waals surface area contributed by atoms with Gasteiger partial charge in [-0.05, 0) is 6.42 Å². The van der Waals surface area contributed by atoms with E-state index in [1.54, 1.807) is 0 Å². The fraction of sp³-hybridized carbons (Fsp3) is 0.857. The zero-order valence-electron chi connectivity index (χ0n) is 7.02. The van der Waals surface area contributed by atoms with Gasteiger partial charge in [-0.15, -0.1) is 0 Å². The topological polar surface area (TPSA) is 38.3 Å². The summed E-state index contributed by atoms with van der Waals surface area (Å²) in [5.74, 6) is -2.07. The number of carbonyl (C=O) groups excluding carboxylic acids is 1. The number of hydrogen-bond donors (Lipinski definition) is 1. The van der Waals surface area contributed by atoms with Gasteiger partial charge in [-0.25, -0.2) is 0 Å². The first-order valence-corrected chi connectivity index (χ1v) is 3.83. The lowest BCUT2D eigenvalue weighted by molar-refractivity contribution is -0.169. The Morgan fingerprint density at radius 3 is 2.54 bits per heavy atom. The Labute approximate surface area is 73.2 Å². The molecule has 0 saturated carbocycles. The number of esters is 1. The molecule has 1 aliphatic heterocycles. The van der Waals surface area contributed by atoms with Gasteiger partial charge >= 0.3 is 12.1 Å². The Hall–Kier alpha value is -0.780. The average Bonchev–Trinajstić information content (AvgIpc) is 2.50. The van der Waals surface area contributed by atoms with Gasteiger partial charge in [-0.1, -0.05) is 0 Å². The molecule has 2 atom stereocenters. The second-order valence-corrected chi connectivity index (χ2v) is 2.96. The van der Waals surface area contributed by atoms with E-state index < -0.39 is 24.1 Å². The summed E-state index contributed by atoms with van der Waals surface area (Å²) in [5, 5.41) is 2.47. The zero-order valence-corrected chi connectivity index (χ0v) is 7.02. The van der Waals surface area contributed by atoms with Crippen LogP contribution in [0.4, 0.5) is 13.2 Å². The Bertz CT molecular complexity index is 204. The van der Waals surface area contributed by atoms with Crippen molar-refractivity contribution >= 4 is 5.97 Å². The summed E-state index contributed by atoms with van der Waals surface area (Å²) in [7, 11) is 1.16. The molecule has 1 heterocycles. The molecule has 1 aliphatic rings. The molecule has 0 aromatic heterocycles. The standard InChI is InChI=1S/C7H10F3NO2/c1-13-6(12)5-2-4(3-11-5)7(8,9)10/h4-5,11H,2-3H2,1H3/t4-,5-/m1/s1. The predicted octanol–water partition coefficient (Wildman–Crippen LogP) is 0.700. The molecule has 0 bridgehead atoms. The van der Waals surface area contributed by atoms with Gasteiger partial charge in [0, 0.05) is 6.54 Å². The number of methoxy groups -OCH3 is 1. The lowest BCUT2D eigenvalue weighted by atomic mass is 10.1. The van der Waals surface area contributed by atoms with Crippen LogP contribution < -0.4 is 5.32 Å². The van der Waals surface area contributed by atoms with Crippen molar-refractivity contribution in [3.8, 4) is 0 Å². The highest BCUT2D eigenvalue weighted by molar-refractivity contribution is 5.76. The van der Waals surface area contributed by atoms with Crippen LogP contribution in [0.5, 0.6) is 0 Å². The van der Waals surface area contributed by atoms with E-state index in [2.05, 4.69) is 10.1 Å². The summed E-state index contributed by atoms with van der Waals surface area (Å²) in [6, 6.07) is -0.809. The van der Waals surface area contributed by atoms with E-state index in [4.69, 9.17) is 0 Å². The second kappa shape index (κ2) is 3.53. The molecule has 1 fully saturated rings. The maximum atomic E-state index is 12.1. The van der Waals surface area contributed by atoms with Crippen molar-refractivity contribution in [2.75, 3.05) is 13.7 Å². The van der Waals surface area contributed by atoms with Crippen LogP contribution in [0.15, 0.2) is 0 Å². The molecule has 0 aromatic carbocycles. The van der Waals surface area contributed by atoms with Crippen LogP contribution in [-0.2, 0) is 9.53 Å². The normalized spacial score (nSPS) is 28.9. The number of carbonyl (C=O) groups is 1. The van der Waals surface area contributed by atoms with Gasteiger partial charge in [-0.3, -0.25) is 4.79 Å². The molecule has 0 radical (unpaired) electrons. The van der Waals surface area contributed by atoms with Crippen LogP contribution in [0.1, 0.15) is 6.42 Å². The smallest absolute Gasteiger partial charge is 0.393 e. The van der Waals surface area contributed by atoms with Gasteiger partial charge < -0.3 is 10.1 Å². The minimum Gasteiger partial charge on any atom is -0.468 e. The summed E-state index contributed by atoms with van der Waals surface area (Å²) in [5.41, 5.74) is 0. The van der Waals surface area contributed by atoms with Gasteiger partial charge in [0.15, 0.2) is 0 Å². The lowest BCUT2D eigenvalue weighted by Gasteiger charge is -2.12. The highest BCUT2D eigenvalue weighted by Gasteiger charge is 2.45. The summed E-state index contributed by atoms with van der Waals surface area (Å²) in [6.07, 6.45) is -4.45. The van der Waals surface area contributed by atoms with Crippen molar-refractivity contribution in [3.63, 3.8) is 0 Å². The predicted molar refractivity (Wildman–Crippen MR) is 38.0 cm³/mol. The van der Waals surface area contributed by atoms with Crippen LogP contribution in [-0.4, -0.2) is 31.8 Å². The second-order valence-electron chi connectivity index (χ2n) is 2.96. The van der Waals surface area contributed by atoms with Gasteiger partial charge in [0.1, 0.15) is 6.04 Å². The molecule has 0 aromatic rings. The molecule has 0 spiro atoms. The number of ether oxygens (including phenoxy) is 1. The first-order chi connectivity index (χ1) is 5.95. The van der Waals surface area contributed by atoms with Crippen LogP contribution in [0.3, 0.4) is 0 Å². The molecule has 3 nitrogen and oxygen atoms in total. The van der Waals surface area contributed by atoms with E-state index in [0.717, 1.165) is 7.11 Å². The molecule has 1 saturated heterocycles. The monoisotopic (exact) mass is 197 g/mol. The Balaban J connectivity index is 2.50. The van der Waals surface area contributed by atoms with E-state index in [-0.39, 0.29) is 13.0 Å². The lowest BCUT2D eigenvalue weighted by Crippen LogP contribution is -2.31. The minimum atomic E-state index is -4.23. The maximum Gasteiger partial charge on any atom is 0.393 e. The molecule has 1 rings (SSSR count).